The van der Waals surface area contributed by atoms with Gasteiger partial charge < -0.3 is 5.32 Å². The zero-order valence-corrected chi connectivity index (χ0v) is 12.7. The summed E-state index contributed by atoms with van der Waals surface area (Å²) in [4.78, 5) is 0. The molecule has 2 atom stereocenters. The number of benzene rings is 2. The van der Waals surface area contributed by atoms with Crippen LogP contribution in [0, 0.1) is 12.7 Å². The molecular formula is C19H22FN. The van der Waals surface area contributed by atoms with Crippen LogP contribution >= 0.6 is 0 Å². The van der Waals surface area contributed by atoms with E-state index in [4.69, 9.17) is 0 Å². The fraction of sp³-hybridized carbons (Fsp3) is 0.368. The maximum Gasteiger partial charge on any atom is 0.123 e. The van der Waals surface area contributed by atoms with Crippen LogP contribution in [0.1, 0.15) is 47.6 Å². The van der Waals surface area contributed by atoms with Crippen LogP contribution in [-0.4, -0.2) is 6.54 Å². The quantitative estimate of drug-likeness (QED) is 0.851. The highest BCUT2D eigenvalue weighted by molar-refractivity contribution is 5.44. The van der Waals surface area contributed by atoms with E-state index in [2.05, 4.69) is 36.5 Å². The van der Waals surface area contributed by atoms with Gasteiger partial charge in [0.15, 0.2) is 0 Å². The Kier molecular flexibility index (Phi) is 4.07. The minimum atomic E-state index is -0.153. The van der Waals surface area contributed by atoms with Crippen LogP contribution in [0.4, 0.5) is 4.39 Å². The molecule has 0 heterocycles. The third kappa shape index (κ3) is 2.73. The smallest absolute Gasteiger partial charge is 0.123 e. The van der Waals surface area contributed by atoms with Crippen molar-refractivity contribution >= 4 is 0 Å². The van der Waals surface area contributed by atoms with Gasteiger partial charge in [-0.15, -0.1) is 0 Å². The summed E-state index contributed by atoms with van der Waals surface area (Å²) in [7, 11) is 0. The van der Waals surface area contributed by atoms with Gasteiger partial charge in [0.05, 0.1) is 0 Å². The Morgan fingerprint density at radius 1 is 1.24 bits per heavy atom. The molecule has 1 N–H and O–H groups in total. The fourth-order valence-electron chi connectivity index (χ4n) is 3.35. The molecule has 0 saturated carbocycles. The standard InChI is InChI=1S/C19H22FN/c1-3-10-21-19(16-9-8-15(20)11-13(16)2)18-12-14-6-4-5-7-17(14)18/h4-9,11,18-19,21H,3,10,12H2,1-2H3. The molecule has 0 bridgehead atoms. The monoisotopic (exact) mass is 283 g/mol. The number of aryl methyl sites for hydroxylation is 1. The van der Waals surface area contributed by atoms with E-state index in [0.29, 0.717) is 5.92 Å². The molecule has 1 nitrogen and oxygen atoms in total. The Labute approximate surface area is 126 Å². The van der Waals surface area contributed by atoms with E-state index >= 15 is 0 Å². The number of hydrogen-bond acceptors (Lipinski definition) is 1. The van der Waals surface area contributed by atoms with Gasteiger partial charge >= 0.3 is 0 Å². The highest BCUT2D eigenvalue weighted by atomic mass is 19.1. The zero-order chi connectivity index (χ0) is 14.8. The highest BCUT2D eigenvalue weighted by Gasteiger charge is 2.33. The third-order valence-corrected chi connectivity index (χ3v) is 4.48. The molecule has 0 saturated heterocycles. The van der Waals surface area contributed by atoms with E-state index in [0.717, 1.165) is 24.9 Å². The lowest BCUT2D eigenvalue weighted by atomic mass is 9.71. The van der Waals surface area contributed by atoms with Gasteiger partial charge in [0, 0.05) is 12.0 Å². The number of nitrogens with one attached hydrogen (secondary N) is 1. The van der Waals surface area contributed by atoms with E-state index in [1.165, 1.54) is 16.7 Å². The first-order chi connectivity index (χ1) is 10.2. The summed E-state index contributed by atoms with van der Waals surface area (Å²) < 4.78 is 13.4. The molecule has 1 aliphatic carbocycles. The van der Waals surface area contributed by atoms with Crippen LogP contribution in [0.25, 0.3) is 0 Å². The first-order valence-electron chi connectivity index (χ1n) is 7.78. The predicted molar refractivity (Wildman–Crippen MR) is 85.1 cm³/mol. The second-order valence-corrected chi connectivity index (χ2v) is 5.94. The summed E-state index contributed by atoms with van der Waals surface area (Å²) in [6.45, 7) is 5.17. The van der Waals surface area contributed by atoms with Gasteiger partial charge in [-0.2, -0.15) is 0 Å². The van der Waals surface area contributed by atoms with Crippen molar-refractivity contribution in [1.29, 1.82) is 0 Å². The predicted octanol–water partition coefficient (Wildman–Crippen LogP) is 4.51. The molecule has 21 heavy (non-hydrogen) atoms. The van der Waals surface area contributed by atoms with E-state index in [1.54, 1.807) is 12.1 Å². The maximum atomic E-state index is 13.4. The number of rotatable bonds is 5. The minimum absolute atomic E-state index is 0.153. The largest absolute Gasteiger partial charge is 0.309 e. The zero-order valence-electron chi connectivity index (χ0n) is 12.7. The molecule has 2 aromatic rings. The molecule has 0 radical (unpaired) electrons. The van der Waals surface area contributed by atoms with Crippen molar-refractivity contribution in [2.75, 3.05) is 6.54 Å². The summed E-state index contributed by atoms with van der Waals surface area (Å²) >= 11 is 0. The third-order valence-electron chi connectivity index (χ3n) is 4.48. The van der Waals surface area contributed by atoms with Crippen LogP contribution in [0.3, 0.4) is 0 Å². The SMILES string of the molecule is CCCNC(c1ccc(F)cc1C)C1Cc2ccccc21. The second-order valence-electron chi connectivity index (χ2n) is 5.94. The first kappa shape index (κ1) is 14.3. The van der Waals surface area contributed by atoms with Crippen LogP contribution in [0.15, 0.2) is 42.5 Å². The van der Waals surface area contributed by atoms with Crippen molar-refractivity contribution in [1.82, 2.24) is 5.32 Å². The van der Waals surface area contributed by atoms with Crippen molar-refractivity contribution in [2.24, 2.45) is 0 Å². The van der Waals surface area contributed by atoms with E-state index in [9.17, 15) is 4.39 Å². The summed E-state index contributed by atoms with van der Waals surface area (Å²) in [6, 6.07) is 14.1. The Hall–Kier alpha value is -1.67. The van der Waals surface area contributed by atoms with Crippen molar-refractivity contribution in [3.8, 4) is 0 Å². The molecule has 3 rings (SSSR count). The van der Waals surface area contributed by atoms with E-state index in [1.807, 2.05) is 13.0 Å². The van der Waals surface area contributed by atoms with Crippen LogP contribution in [-0.2, 0) is 6.42 Å². The Balaban J connectivity index is 1.92. The lowest BCUT2D eigenvalue weighted by molar-refractivity contribution is 0.409. The van der Waals surface area contributed by atoms with Gasteiger partial charge in [0.2, 0.25) is 0 Å². The second kappa shape index (κ2) is 5.98. The summed E-state index contributed by atoms with van der Waals surface area (Å²) in [6.07, 6.45) is 2.21. The molecule has 0 aromatic heterocycles. The minimum Gasteiger partial charge on any atom is -0.309 e. The van der Waals surface area contributed by atoms with Gasteiger partial charge in [0.25, 0.3) is 0 Å². The van der Waals surface area contributed by atoms with Gasteiger partial charge in [-0.1, -0.05) is 37.3 Å². The molecule has 0 amide bonds. The first-order valence-corrected chi connectivity index (χ1v) is 7.78. The normalized spacial score (nSPS) is 18.0. The van der Waals surface area contributed by atoms with Crippen molar-refractivity contribution < 1.29 is 4.39 Å². The van der Waals surface area contributed by atoms with Gasteiger partial charge in [0.1, 0.15) is 5.82 Å². The Bertz CT molecular complexity index is 635. The summed E-state index contributed by atoms with van der Waals surface area (Å²) in [5.41, 5.74) is 5.15. The Morgan fingerprint density at radius 3 is 2.76 bits per heavy atom. The van der Waals surface area contributed by atoms with E-state index < -0.39 is 0 Å². The number of halogens is 1. The molecule has 0 spiro atoms. The molecular weight excluding hydrogens is 261 g/mol. The molecule has 2 aromatic carbocycles. The van der Waals surface area contributed by atoms with Crippen molar-refractivity contribution in [2.45, 2.75) is 38.6 Å². The van der Waals surface area contributed by atoms with Crippen molar-refractivity contribution in [3.63, 3.8) is 0 Å². The van der Waals surface area contributed by atoms with Gasteiger partial charge in [-0.3, -0.25) is 0 Å². The molecule has 0 aliphatic heterocycles. The number of fused-ring (bicyclic) bond motifs is 1. The molecule has 2 heteroatoms. The van der Waals surface area contributed by atoms with Gasteiger partial charge in [-0.25, -0.2) is 4.39 Å². The van der Waals surface area contributed by atoms with Crippen LogP contribution < -0.4 is 5.32 Å². The summed E-state index contributed by atoms with van der Waals surface area (Å²) in [5, 5.41) is 3.67. The molecule has 1 aliphatic rings. The van der Waals surface area contributed by atoms with Gasteiger partial charge in [-0.05, 0) is 60.7 Å². The fourth-order valence-corrected chi connectivity index (χ4v) is 3.35. The Morgan fingerprint density at radius 2 is 2.05 bits per heavy atom. The topological polar surface area (TPSA) is 12.0 Å². The average Bonchev–Trinajstić information content (AvgIpc) is 2.44. The lowest BCUT2D eigenvalue weighted by Gasteiger charge is -2.38. The summed E-state index contributed by atoms with van der Waals surface area (Å²) in [5.74, 6) is 0.344. The number of hydrogen-bond donors (Lipinski definition) is 1. The van der Waals surface area contributed by atoms with Crippen LogP contribution in [0.5, 0.6) is 0 Å². The average molecular weight is 283 g/mol. The molecule has 110 valence electrons. The molecule has 0 fully saturated rings. The van der Waals surface area contributed by atoms with Crippen LogP contribution in [0.2, 0.25) is 0 Å². The maximum absolute atomic E-state index is 13.4. The molecule has 2 unspecified atom stereocenters. The van der Waals surface area contributed by atoms with E-state index in [-0.39, 0.29) is 11.9 Å². The lowest BCUT2D eigenvalue weighted by Crippen LogP contribution is -2.34. The highest BCUT2D eigenvalue weighted by Crippen LogP contribution is 2.44. The van der Waals surface area contributed by atoms with Crippen molar-refractivity contribution in [3.05, 3.63) is 70.5 Å².